The van der Waals surface area contributed by atoms with Crippen LogP contribution in [0.4, 0.5) is 0 Å². The van der Waals surface area contributed by atoms with Gasteiger partial charge < -0.3 is 14.8 Å². The van der Waals surface area contributed by atoms with Gasteiger partial charge in [0.2, 0.25) is 22.7 Å². The van der Waals surface area contributed by atoms with Crippen LogP contribution in [-0.4, -0.2) is 27.7 Å². The minimum Gasteiger partial charge on any atom is -0.454 e. The SMILES string of the molecule is Cc1ccc(S(=O)(=O)NCCC(=O)NCc2ccc3c(c2)OCO3)cc1. The van der Waals surface area contributed by atoms with Crippen LogP contribution in [0.1, 0.15) is 17.5 Å². The molecular formula is C18H20N2O5S. The van der Waals surface area contributed by atoms with Gasteiger partial charge in [-0.3, -0.25) is 4.79 Å². The van der Waals surface area contributed by atoms with Gasteiger partial charge in [0.15, 0.2) is 11.5 Å². The molecular weight excluding hydrogens is 356 g/mol. The largest absolute Gasteiger partial charge is 0.454 e. The molecule has 8 heteroatoms. The number of amides is 1. The van der Waals surface area contributed by atoms with Crippen molar-refractivity contribution in [1.29, 1.82) is 0 Å². The third kappa shape index (κ3) is 4.53. The van der Waals surface area contributed by atoms with Crippen molar-refractivity contribution >= 4 is 15.9 Å². The minimum atomic E-state index is -3.61. The second-order valence-electron chi connectivity index (χ2n) is 5.93. The molecule has 0 saturated heterocycles. The van der Waals surface area contributed by atoms with E-state index in [0.29, 0.717) is 18.0 Å². The molecule has 0 fully saturated rings. The third-order valence-corrected chi connectivity index (χ3v) is 5.38. The number of benzene rings is 2. The fourth-order valence-corrected chi connectivity index (χ4v) is 3.47. The normalized spacial score (nSPS) is 12.8. The molecule has 7 nitrogen and oxygen atoms in total. The number of hydrogen-bond acceptors (Lipinski definition) is 5. The zero-order valence-corrected chi connectivity index (χ0v) is 15.1. The van der Waals surface area contributed by atoms with Crippen LogP contribution in [0.2, 0.25) is 0 Å². The van der Waals surface area contributed by atoms with Crippen molar-refractivity contribution in [3.05, 3.63) is 53.6 Å². The molecule has 1 aliphatic rings. The molecule has 0 aliphatic carbocycles. The monoisotopic (exact) mass is 376 g/mol. The highest BCUT2D eigenvalue weighted by Crippen LogP contribution is 2.32. The van der Waals surface area contributed by atoms with Gasteiger partial charge in [0.1, 0.15) is 0 Å². The highest BCUT2D eigenvalue weighted by molar-refractivity contribution is 7.89. The van der Waals surface area contributed by atoms with Gasteiger partial charge in [-0.25, -0.2) is 13.1 Å². The van der Waals surface area contributed by atoms with Crippen LogP contribution in [0.5, 0.6) is 11.5 Å². The lowest BCUT2D eigenvalue weighted by atomic mass is 10.2. The first kappa shape index (κ1) is 18.2. The zero-order valence-electron chi connectivity index (χ0n) is 14.3. The number of sulfonamides is 1. The van der Waals surface area contributed by atoms with Crippen LogP contribution in [0.3, 0.4) is 0 Å². The third-order valence-electron chi connectivity index (χ3n) is 3.90. The van der Waals surface area contributed by atoms with Crippen LogP contribution in [0.25, 0.3) is 0 Å². The van der Waals surface area contributed by atoms with Gasteiger partial charge in [0, 0.05) is 19.5 Å². The van der Waals surface area contributed by atoms with Gasteiger partial charge in [0.25, 0.3) is 0 Å². The van der Waals surface area contributed by atoms with Crippen molar-refractivity contribution in [2.45, 2.75) is 24.8 Å². The maximum absolute atomic E-state index is 12.1. The number of carbonyl (C=O) groups excluding carboxylic acids is 1. The van der Waals surface area contributed by atoms with Crippen LogP contribution < -0.4 is 19.5 Å². The number of fused-ring (bicyclic) bond motifs is 1. The second kappa shape index (κ2) is 7.76. The van der Waals surface area contributed by atoms with Crippen LogP contribution >= 0.6 is 0 Å². The lowest BCUT2D eigenvalue weighted by molar-refractivity contribution is -0.121. The van der Waals surface area contributed by atoms with Crippen molar-refractivity contribution in [1.82, 2.24) is 10.0 Å². The summed E-state index contributed by atoms with van der Waals surface area (Å²) in [7, 11) is -3.61. The molecule has 26 heavy (non-hydrogen) atoms. The summed E-state index contributed by atoms with van der Waals surface area (Å²) in [5, 5.41) is 2.75. The van der Waals surface area contributed by atoms with E-state index in [9.17, 15) is 13.2 Å². The molecule has 0 atom stereocenters. The maximum atomic E-state index is 12.1. The highest BCUT2D eigenvalue weighted by atomic mass is 32.2. The predicted octanol–water partition coefficient (Wildman–Crippen LogP) is 1.71. The zero-order chi connectivity index (χ0) is 18.6. The Kier molecular flexibility index (Phi) is 5.43. The Hall–Kier alpha value is -2.58. The Morgan fingerprint density at radius 3 is 2.58 bits per heavy atom. The summed E-state index contributed by atoms with van der Waals surface area (Å²) in [4.78, 5) is 12.1. The van der Waals surface area contributed by atoms with E-state index in [4.69, 9.17) is 9.47 Å². The molecule has 0 unspecified atom stereocenters. The molecule has 0 aromatic heterocycles. The van der Waals surface area contributed by atoms with Crippen LogP contribution in [0, 0.1) is 6.92 Å². The van der Waals surface area contributed by atoms with Crippen molar-refractivity contribution in [2.75, 3.05) is 13.3 Å². The van der Waals surface area contributed by atoms with Crippen molar-refractivity contribution in [3.63, 3.8) is 0 Å². The van der Waals surface area contributed by atoms with E-state index in [1.165, 1.54) is 12.1 Å². The van der Waals surface area contributed by atoms with E-state index >= 15 is 0 Å². The van der Waals surface area contributed by atoms with E-state index in [1.54, 1.807) is 18.2 Å². The molecule has 2 N–H and O–H groups in total. The Labute approximate surface area is 152 Å². The maximum Gasteiger partial charge on any atom is 0.240 e. The molecule has 2 aromatic carbocycles. The summed E-state index contributed by atoms with van der Waals surface area (Å²) in [5.74, 6) is 1.10. The molecule has 0 bridgehead atoms. The molecule has 3 rings (SSSR count). The Morgan fingerprint density at radius 1 is 1.08 bits per heavy atom. The number of aryl methyl sites for hydroxylation is 1. The molecule has 0 saturated carbocycles. The Morgan fingerprint density at radius 2 is 1.81 bits per heavy atom. The fraction of sp³-hybridized carbons (Fsp3) is 0.278. The molecule has 0 spiro atoms. The topological polar surface area (TPSA) is 93.7 Å². The van der Waals surface area contributed by atoms with E-state index in [2.05, 4.69) is 10.0 Å². The van der Waals surface area contributed by atoms with E-state index in [0.717, 1.165) is 11.1 Å². The standard InChI is InChI=1S/C18H20N2O5S/c1-13-2-5-15(6-3-13)26(22,23)20-9-8-18(21)19-11-14-4-7-16-17(10-14)25-12-24-16/h2-7,10,20H,8-9,11-12H2,1H3,(H,19,21). The first-order valence-electron chi connectivity index (χ1n) is 8.15. The van der Waals surface area contributed by atoms with Gasteiger partial charge >= 0.3 is 0 Å². The molecule has 1 amide bonds. The first-order valence-corrected chi connectivity index (χ1v) is 9.64. The van der Waals surface area contributed by atoms with Crippen molar-refractivity contribution in [3.8, 4) is 11.5 Å². The van der Waals surface area contributed by atoms with Gasteiger partial charge in [-0.1, -0.05) is 23.8 Å². The second-order valence-corrected chi connectivity index (χ2v) is 7.69. The van der Waals surface area contributed by atoms with Crippen molar-refractivity contribution in [2.24, 2.45) is 0 Å². The number of hydrogen-bond donors (Lipinski definition) is 2. The average molecular weight is 376 g/mol. The Bertz CT molecular complexity index is 894. The molecule has 138 valence electrons. The summed E-state index contributed by atoms with van der Waals surface area (Å²) >= 11 is 0. The summed E-state index contributed by atoms with van der Waals surface area (Å²) in [5.41, 5.74) is 1.86. The average Bonchev–Trinajstić information content (AvgIpc) is 3.08. The number of carbonyl (C=O) groups is 1. The quantitative estimate of drug-likeness (QED) is 0.767. The number of rotatable bonds is 7. The summed E-state index contributed by atoms with van der Waals surface area (Å²) < 4.78 is 37.2. The number of nitrogens with one attached hydrogen (secondary N) is 2. The molecule has 2 aromatic rings. The van der Waals surface area contributed by atoms with Crippen LogP contribution in [-0.2, 0) is 21.4 Å². The van der Waals surface area contributed by atoms with Gasteiger partial charge in [0.05, 0.1) is 4.90 Å². The summed E-state index contributed by atoms with van der Waals surface area (Å²) in [6, 6.07) is 12.0. The van der Waals surface area contributed by atoms with Gasteiger partial charge in [-0.15, -0.1) is 0 Å². The first-order chi connectivity index (χ1) is 12.4. The van der Waals surface area contributed by atoms with Crippen LogP contribution in [0.15, 0.2) is 47.4 Å². The van der Waals surface area contributed by atoms with E-state index in [1.807, 2.05) is 19.1 Å². The minimum absolute atomic E-state index is 0.0309. The lowest BCUT2D eigenvalue weighted by Crippen LogP contribution is -2.30. The smallest absolute Gasteiger partial charge is 0.240 e. The fourth-order valence-electron chi connectivity index (χ4n) is 2.44. The highest BCUT2D eigenvalue weighted by Gasteiger charge is 2.15. The van der Waals surface area contributed by atoms with E-state index < -0.39 is 10.0 Å². The summed E-state index contributed by atoms with van der Waals surface area (Å²) in [6.07, 6.45) is 0.0512. The predicted molar refractivity (Wildman–Crippen MR) is 95.4 cm³/mol. The van der Waals surface area contributed by atoms with Gasteiger partial charge in [-0.2, -0.15) is 0 Å². The molecule has 1 aliphatic heterocycles. The lowest BCUT2D eigenvalue weighted by Gasteiger charge is -2.08. The molecule has 1 heterocycles. The van der Waals surface area contributed by atoms with Gasteiger partial charge in [-0.05, 0) is 36.8 Å². The number of ether oxygens (including phenoxy) is 2. The summed E-state index contributed by atoms with van der Waals surface area (Å²) in [6.45, 7) is 2.45. The molecule has 0 radical (unpaired) electrons. The van der Waals surface area contributed by atoms with E-state index in [-0.39, 0.29) is 30.6 Å². The van der Waals surface area contributed by atoms with Crippen molar-refractivity contribution < 1.29 is 22.7 Å². The Balaban J connectivity index is 1.44.